The molecule has 2 aromatic rings. The van der Waals surface area contributed by atoms with Gasteiger partial charge in [-0.3, -0.25) is 0 Å². The van der Waals surface area contributed by atoms with Gasteiger partial charge in [-0.25, -0.2) is 0 Å². The van der Waals surface area contributed by atoms with Crippen molar-refractivity contribution in [2.45, 2.75) is 6.54 Å². The van der Waals surface area contributed by atoms with Gasteiger partial charge in [0.15, 0.2) is 11.5 Å². The first-order valence-corrected chi connectivity index (χ1v) is 7.01. The number of nitrogens with one attached hydrogen (secondary N) is 1. The van der Waals surface area contributed by atoms with Crippen LogP contribution in [0.15, 0.2) is 34.8 Å². The third-order valence-electron chi connectivity index (χ3n) is 3.15. The SMILES string of the molecule is N#Cc1ccc(Br)cc1NCc1cc2c(cc1O)OCO2. The van der Waals surface area contributed by atoms with Crippen molar-refractivity contribution in [2.24, 2.45) is 0 Å². The minimum atomic E-state index is 0.125. The van der Waals surface area contributed by atoms with Crippen molar-refractivity contribution in [3.63, 3.8) is 0 Å². The maximum absolute atomic E-state index is 9.98. The molecule has 2 N–H and O–H groups in total. The van der Waals surface area contributed by atoms with E-state index in [9.17, 15) is 5.11 Å². The Balaban J connectivity index is 1.83. The molecular weight excluding hydrogens is 336 g/mol. The molecule has 0 aliphatic carbocycles. The fraction of sp³-hybridized carbons (Fsp3) is 0.133. The number of ether oxygens (including phenoxy) is 2. The van der Waals surface area contributed by atoms with Gasteiger partial charge in [-0.1, -0.05) is 15.9 Å². The Bertz CT molecular complexity index is 740. The van der Waals surface area contributed by atoms with E-state index in [-0.39, 0.29) is 12.5 Å². The molecule has 1 aliphatic rings. The van der Waals surface area contributed by atoms with Crippen LogP contribution in [-0.4, -0.2) is 11.9 Å². The fourth-order valence-electron chi connectivity index (χ4n) is 2.07. The van der Waals surface area contributed by atoms with Crippen LogP contribution in [0.3, 0.4) is 0 Å². The normalized spacial score (nSPS) is 12.0. The van der Waals surface area contributed by atoms with Crippen LogP contribution in [-0.2, 0) is 6.54 Å². The lowest BCUT2D eigenvalue weighted by molar-refractivity contribution is 0.174. The van der Waals surface area contributed by atoms with Crippen molar-refractivity contribution in [3.05, 3.63) is 45.9 Å². The number of nitrogens with zero attached hydrogens (tertiary/aromatic N) is 1. The average Bonchev–Trinajstić information content (AvgIpc) is 2.92. The maximum Gasteiger partial charge on any atom is 0.231 e. The van der Waals surface area contributed by atoms with Gasteiger partial charge in [-0.2, -0.15) is 5.26 Å². The fourth-order valence-corrected chi connectivity index (χ4v) is 2.43. The first-order valence-electron chi connectivity index (χ1n) is 6.22. The quantitative estimate of drug-likeness (QED) is 0.891. The van der Waals surface area contributed by atoms with Crippen LogP contribution in [0.1, 0.15) is 11.1 Å². The standard InChI is InChI=1S/C15H11BrN2O3/c16-11-2-1-9(6-17)12(4-11)18-7-10-3-14-15(5-13(10)19)21-8-20-14/h1-5,18-19H,7-8H2. The molecule has 0 unspecified atom stereocenters. The molecule has 0 amide bonds. The molecule has 0 spiro atoms. The van der Waals surface area contributed by atoms with E-state index in [4.69, 9.17) is 14.7 Å². The number of hydrogen-bond acceptors (Lipinski definition) is 5. The van der Waals surface area contributed by atoms with Gasteiger partial charge >= 0.3 is 0 Å². The van der Waals surface area contributed by atoms with Gasteiger partial charge in [0.2, 0.25) is 6.79 Å². The lowest BCUT2D eigenvalue weighted by atomic mass is 10.1. The maximum atomic E-state index is 9.98. The monoisotopic (exact) mass is 346 g/mol. The lowest BCUT2D eigenvalue weighted by Crippen LogP contribution is -2.01. The highest BCUT2D eigenvalue weighted by atomic mass is 79.9. The molecule has 5 nitrogen and oxygen atoms in total. The highest BCUT2D eigenvalue weighted by molar-refractivity contribution is 9.10. The molecule has 21 heavy (non-hydrogen) atoms. The molecule has 0 bridgehead atoms. The van der Waals surface area contributed by atoms with Crippen LogP contribution in [0.25, 0.3) is 0 Å². The Labute approximate surface area is 129 Å². The second-order valence-corrected chi connectivity index (χ2v) is 5.41. The number of nitriles is 1. The predicted octanol–water partition coefficient (Wildman–Crippen LogP) is 3.37. The van der Waals surface area contributed by atoms with Crippen LogP contribution >= 0.6 is 15.9 Å². The Kier molecular flexibility index (Phi) is 3.59. The molecule has 0 saturated carbocycles. The first-order chi connectivity index (χ1) is 10.2. The van der Waals surface area contributed by atoms with E-state index in [0.717, 1.165) is 4.47 Å². The van der Waals surface area contributed by atoms with E-state index in [1.165, 1.54) is 6.07 Å². The van der Waals surface area contributed by atoms with Crippen molar-refractivity contribution in [2.75, 3.05) is 12.1 Å². The average molecular weight is 347 g/mol. The minimum Gasteiger partial charge on any atom is -0.507 e. The second-order valence-electron chi connectivity index (χ2n) is 4.49. The van der Waals surface area contributed by atoms with E-state index < -0.39 is 0 Å². The van der Waals surface area contributed by atoms with Crippen molar-refractivity contribution in [3.8, 4) is 23.3 Å². The Morgan fingerprint density at radius 3 is 2.76 bits per heavy atom. The summed E-state index contributed by atoms with van der Waals surface area (Å²) in [6, 6.07) is 10.7. The second kappa shape index (κ2) is 5.54. The smallest absolute Gasteiger partial charge is 0.231 e. The third-order valence-corrected chi connectivity index (χ3v) is 3.64. The van der Waals surface area contributed by atoms with Crippen LogP contribution in [0, 0.1) is 11.3 Å². The lowest BCUT2D eigenvalue weighted by Gasteiger charge is -2.11. The predicted molar refractivity (Wildman–Crippen MR) is 80.4 cm³/mol. The number of fused-ring (bicyclic) bond motifs is 1. The van der Waals surface area contributed by atoms with Crippen LogP contribution in [0.4, 0.5) is 5.69 Å². The molecule has 0 atom stereocenters. The Hall–Kier alpha value is -2.39. The zero-order valence-corrected chi connectivity index (χ0v) is 12.5. The van der Waals surface area contributed by atoms with Gasteiger partial charge < -0.3 is 19.9 Å². The Morgan fingerprint density at radius 2 is 2.00 bits per heavy atom. The topological polar surface area (TPSA) is 74.5 Å². The van der Waals surface area contributed by atoms with Crippen LogP contribution in [0.2, 0.25) is 0 Å². The summed E-state index contributed by atoms with van der Waals surface area (Å²) >= 11 is 3.37. The molecule has 1 heterocycles. The molecular formula is C15H11BrN2O3. The van der Waals surface area contributed by atoms with E-state index >= 15 is 0 Å². The summed E-state index contributed by atoms with van der Waals surface area (Å²) in [4.78, 5) is 0. The third kappa shape index (κ3) is 2.73. The summed E-state index contributed by atoms with van der Waals surface area (Å²) in [6.07, 6.45) is 0. The molecule has 3 rings (SSSR count). The molecule has 0 radical (unpaired) electrons. The summed E-state index contributed by atoms with van der Waals surface area (Å²) < 4.78 is 11.4. The number of benzene rings is 2. The molecule has 0 saturated heterocycles. The number of hydrogen-bond donors (Lipinski definition) is 2. The summed E-state index contributed by atoms with van der Waals surface area (Å²) in [5.41, 5.74) is 1.91. The molecule has 0 aromatic heterocycles. The van der Waals surface area contributed by atoms with Crippen molar-refractivity contribution in [1.29, 1.82) is 5.26 Å². The zero-order valence-electron chi connectivity index (χ0n) is 10.9. The van der Waals surface area contributed by atoms with Gasteiger partial charge in [-0.05, 0) is 24.3 Å². The number of phenolic OH excluding ortho intramolecular Hbond substituents is 1. The highest BCUT2D eigenvalue weighted by Gasteiger charge is 2.17. The number of halogens is 1. The van der Waals surface area contributed by atoms with Gasteiger partial charge in [-0.15, -0.1) is 0 Å². The van der Waals surface area contributed by atoms with Crippen LogP contribution in [0.5, 0.6) is 17.2 Å². The van der Waals surface area contributed by atoms with E-state index in [0.29, 0.717) is 34.9 Å². The highest BCUT2D eigenvalue weighted by Crippen LogP contribution is 2.37. The van der Waals surface area contributed by atoms with E-state index in [1.807, 2.05) is 12.1 Å². The van der Waals surface area contributed by atoms with Gasteiger partial charge in [0, 0.05) is 22.6 Å². The number of rotatable bonds is 3. The zero-order chi connectivity index (χ0) is 14.8. The molecule has 0 fully saturated rings. The summed E-state index contributed by atoms with van der Waals surface area (Å²) in [5, 5.41) is 22.2. The van der Waals surface area contributed by atoms with Crippen LogP contribution < -0.4 is 14.8 Å². The van der Waals surface area contributed by atoms with Crippen molar-refractivity contribution < 1.29 is 14.6 Å². The molecule has 2 aromatic carbocycles. The summed E-state index contributed by atoms with van der Waals surface area (Å²) in [7, 11) is 0. The molecule has 1 aliphatic heterocycles. The first kappa shape index (κ1) is 13.6. The van der Waals surface area contributed by atoms with Crippen molar-refractivity contribution >= 4 is 21.6 Å². The number of aromatic hydroxyl groups is 1. The minimum absolute atomic E-state index is 0.125. The van der Waals surface area contributed by atoms with Gasteiger partial charge in [0.1, 0.15) is 11.8 Å². The van der Waals surface area contributed by atoms with E-state index in [1.54, 1.807) is 12.1 Å². The van der Waals surface area contributed by atoms with E-state index in [2.05, 4.69) is 27.3 Å². The van der Waals surface area contributed by atoms with Crippen molar-refractivity contribution in [1.82, 2.24) is 0 Å². The van der Waals surface area contributed by atoms with Gasteiger partial charge in [0.25, 0.3) is 0 Å². The summed E-state index contributed by atoms with van der Waals surface area (Å²) in [5.74, 6) is 1.27. The van der Waals surface area contributed by atoms with Gasteiger partial charge in [0.05, 0.1) is 11.3 Å². The number of phenols is 1. The molecule has 6 heteroatoms. The largest absolute Gasteiger partial charge is 0.507 e. The number of anilines is 1. The molecule has 106 valence electrons. The summed E-state index contributed by atoms with van der Waals surface area (Å²) in [6.45, 7) is 0.531. The Morgan fingerprint density at radius 1 is 1.24 bits per heavy atom.